The number of piperidine rings is 1. The maximum atomic E-state index is 6.11. The van der Waals surface area contributed by atoms with E-state index in [9.17, 15) is 0 Å². The lowest BCUT2D eigenvalue weighted by atomic mass is 9.80. The summed E-state index contributed by atoms with van der Waals surface area (Å²) in [5.41, 5.74) is 0.308. The van der Waals surface area contributed by atoms with E-state index in [0.29, 0.717) is 0 Å². The third-order valence-electron chi connectivity index (χ3n) is 5.45. The van der Waals surface area contributed by atoms with Crippen molar-refractivity contribution in [1.82, 2.24) is 4.98 Å². The van der Waals surface area contributed by atoms with Gasteiger partial charge in [0.1, 0.15) is 5.82 Å². The summed E-state index contributed by atoms with van der Waals surface area (Å²) in [5.74, 6) is 1.84. The fourth-order valence-corrected chi connectivity index (χ4v) is 3.62. The zero-order valence-electron chi connectivity index (χ0n) is 14.7. The number of pyridine rings is 1. The van der Waals surface area contributed by atoms with Gasteiger partial charge in [0, 0.05) is 24.7 Å². The summed E-state index contributed by atoms with van der Waals surface area (Å²) in [7, 11) is -0.362. The average Bonchev–Trinajstić information content (AvgIpc) is 2.68. The Kier molecular flexibility index (Phi) is 4.53. The third-order valence-corrected chi connectivity index (χ3v) is 6.04. The van der Waals surface area contributed by atoms with E-state index in [1.54, 1.807) is 0 Å². The minimum Gasteiger partial charge on any atom is -0.399 e. The molecule has 0 unspecified atom stereocenters. The zero-order chi connectivity index (χ0) is 16.8. The molecule has 126 valence electrons. The molecular formula is C17H26BBrN2O2. The highest BCUT2D eigenvalue weighted by molar-refractivity contribution is 9.10. The molecule has 3 heterocycles. The molecule has 3 rings (SSSR count). The number of rotatable bonds is 2. The van der Waals surface area contributed by atoms with Gasteiger partial charge in [0.15, 0.2) is 0 Å². The van der Waals surface area contributed by atoms with Crippen molar-refractivity contribution in [3.8, 4) is 0 Å². The van der Waals surface area contributed by atoms with Crippen LogP contribution in [0.4, 0.5) is 5.82 Å². The molecule has 23 heavy (non-hydrogen) atoms. The molecule has 0 aliphatic carbocycles. The quantitative estimate of drug-likeness (QED) is 0.736. The summed E-state index contributed by atoms with van der Waals surface area (Å²) < 4.78 is 13.2. The van der Waals surface area contributed by atoms with Crippen molar-refractivity contribution in [1.29, 1.82) is 0 Å². The van der Waals surface area contributed by atoms with Crippen LogP contribution < -0.4 is 10.4 Å². The van der Waals surface area contributed by atoms with Crippen molar-refractivity contribution in [3.05, 3.63) is 16.7 Å². The van der Waals surface area contributed by atoms with E-state index in [4.69, 9.17) is 9.31 Å². The Hall–Kier alpha value is -0.585. The van der Waals surface area contributed by atoms with Gasteiger partial charge in [-0.15, -0.1) is 0 Å². The van der Waals surface area contributed by atoms with Crippen molar-refractivity contribution in [2.45, 2.75) is 58.7 Å². The Labute approximate surface area is 148 Å². The van der Waals surface area contributed by atoms with Gasteiger partial charge in [-0.25, -0.2) is 4.98 Å². The van der Waals surface area contributed by atoms with Crippen LogP contribution in [0.3, 0.4) is 0 Å². The lowest BCUT2D eigenvalue weighted by molar-refractivity contribution is 0.00578. The van der Waals surface area contributed by atoms with Crippen LogP contribution in [0, 0.1) is 5.92 Å². The van der Waals surface area contributed by atoms with Crippen molar-refractivity contribution in [3.63, 3.8) is 0 Å². The van der Waals surface area contributed by atoms with Gasteiger partial charge in [-0.1, -0.05) is 6.92 Å². The van der Waals surface area contributed by atoms with Crippen LogP contribution in [0.15, 0.2) is 16.7 Å². The lowest BCUT2D eigenvalue weighted by Gasteiger charge is -2.32. The molecule has 2 fully saturated rings. The highest BCUT2D eigenvalue weighted by Crippen LogP contribution is 2.37. The van der Waals surface area contributed by atoms with Crippen LogP contribution in [0.5, 0.6) is 0 Å². The number of hydrogen-bond donors (Lipinski definition) is 0. The molecule has 0 aromatic carbocycles. The number of anilines is 1. The number of nitrogens with zero attached hydrogens (tertiary/aromatic N) is 2. The molecule has 2 saturated heterocycles. The lowest BCUT2D eigenvalue weighted by Crippen LogP contribution is -2.41. The monoisotopic (exact) mass is 380 g/mol. The van der Waals surface area contributed by atoms with Crippen molar-refractivity contribution in [2.24, 2.45) is 5.92 Å². The van der Waals surface area contributed by atoms with Crippen LogP contribution in [0.2, 0.25) is 0 Å². The standard InChI is InChI=1S/C17H26BBrN2O2/c1-12-6-8-21(9-7-12)15-14(19)10-13(11-20-15)18-22-16(2,3)17(4,5)23-18/h10-12H,6-9H2,1-5H3. The molecule has 0 saturated carbocycles. The van der Waals surface area contributed by atoms with Gasteiger partial charge in [-0.2, -0.15) is 0 Å². The topological polar surface area (TPSA) is 34.6 Å². The molecule has 1 aromatic heterocycles. The Morgan fingerprint density at radius 2 is 1.74 bits per heavy atom. The first kappa shape index (κ1) is 17.2. The predicted octanol–water partition coefficient (Wildman–Crippen LogP) is 3.38. The minimum atomic E-state index is -0.362. The second-order valence-corrected chi connectivity index (χ2v) is 8.69. The minimum absolute atomic E-state index is 0.328. The molecule has 6 heteroatoms. The summed E-state index contributed by atoms with van der Waals surface area (Å²) >= 11 is 3.69. The van der Waals surface area contributed by atoms with Crippen molar-refractivity contribution in [2.75, 3.05) is 18.0 Å². The van der Waals surface area contributed by atoms with E-state index >= 15 is 0 Å². The Morgan fingerprint density at radius 3 is 2.26 bits per heavy atom. The van der Waals surface area contributed by atoms with Gasteiger partial charge in [-0.05, 0) is 68.5 Å². The van der Waals surface area contributed by atoms with E-state index < -0.39 is 0 Å². The first-order chi connectivity index (χ1) is 10.7. The number of hydrogen-bond acceptors (Lipinski definition) is 4. The molecule has 1 aromatic rings. The molecular weight excluding hydrogens is 355 g/mol. The van der Waals surface area contributed by atoms with E-state index in [1.807, 2.05) is 6.20 Å². The van der Waals surface area contributed by atoms with E-state index in [2.05, 4.69) is 66.5 Å². The maximum absolute atomic E-state index is 6.11. The molecule has 2 aliphatic heterocycles. The predicted molar refractivity (Wildman–Crippen MR) is 98.3 cm³/mol. The Bertz CT molecular complexity index is 570. The van der Waals surface area contributed by atoms with Crippen molar-refractivity contribution >= 4 is 34.3 Å². The Balaban J connectivity index is 1.78. The van der Waals surface area contributed by atoms with Crippen LogP contribution in [-0.2, 0) is 9.31 Å². The number of halogens is 1. The molecule has 0 radical (unpaired) electrons. The van der Waals surface area contributed by atoms with Crippen LogP contribution in [-0.4, -0.2) is 36.4 Å². The van der Waals surface area contributed by atoms with Gasteiger partial charge in [0.2, 0.25) is 0 Å². The summed E-state index contributed by atoms with van der Waals surface area (Å²) in [6.45, 7) is 12.7. The van der Waals surface area contributed by atoms with Gasteiger partial charge in [-0.3, -0.25) is 0 Å². The summed E-state index contributed by atoms with van der Waals surface area (Å²) in [6, 6.07) is 2.09. The highest BCUT2D eigenvalue weighted by atomic mass is 79.9. The van der Waals surface area contributed by atoms with Crippen LogP contribution >= 0.6 is 15.9 Å². The zero-order valence-corrected chi connectivity index (χ0v) is 16.3. The van der Waals surface area contributed by atoms with Gasteiger partial charge in [0.25, 0.3) is 0 Å². The van der Waals surface area contributed by atoms with E-state index in [1.165, 1.54) is 12.8 Å². The Morgan fingerprint density at radius 1 is 1.17 bits per heavy atom. The second kappa shape index (κ2) is 6.05. The largest absolute Gasteiger partial charge is 0.496 e. The molecule has 0 spiro atoms. The average molecular weight is 381 g/mol. The summed E-state index contributed by atoms with van der Waals surface area (Å²) in [5, 5.41) is 0. The van der Waals surface area contributed by atoms with E-state index in [0.717, 1.165) is 34.8 Å². The first-order valence-electron chi connectivity index (χ1n) is 8.46. The van der Waals surface area contributed by atoms with E-state index in [-0.39, 0.29) is 18.3 Å². The van der Waals surface area contributed by atoms with Crippen LogP contribution in [0.25, 0.3) is 0 Å². The maximum Gasteiger partial charge on any atom is 0.496 e. The molecule has 4 nitrogen and oxygen atoms in total. The molecule has 2 aliphatic rings. The second-order valence-electron chi connectivity index (χ2n) is 7.83. The molecule has 0 amide bonds. The van der Waals surface area contributed by atoms with Gasteiger partial charge < -0.3 is 14.2 Å². The van der Waals surface area contributed by atoms with Gasteiger partial charge >= 0.3 is 7.12 Å². The number of aromatic nitrogens is 1. The molecule has 0 N–H and O–H groups in total. The SMILES string of the molecule is CC1CCN(c2ncc(B3OC(C)(C)C(C)(C)O3)cc2Br)CC1. The molecule has 0 atom stereocenters. The highest BCUT2D eigenvalue weighted by Gasteiger charge is 2.51. The summed E-state index contributed by atoms with van der Waals surface area (Å²) in [4.78, 5) is 7.05. The first-order valence-corrected chi connectivity index (χ1v) is 9.25. The van der Waals surface area contributed by atoms with Gasteiger partial charge in [0.05, 0.1) is 15.7 Å². The van der Waals surface area contributed by atoms with Crippen molar-refractivity contribution < 1.29 is 9.31 Å². The summed E-state index contributed by atoms with van der Waals surface area (Å²) in [6.07, 6.45) is 4.35. The normalized spacial score (nSPS) is 24.3. The van der Waals surface area contributed by atoms with Crippen LogP contribution in [0.1, 0.15) is 47.5 Å². The fraction of sp³-hybridized carbons (Fsp3) is 0.706. The molecule has 0 bridgehead atoms. The smallest absolute Gasteiger partial charge is 0.399 e. The third kappa shape index (κ3) is 3.31. The fourth-order valence-electron chi connectivity index (χ4n) is 3.01.